The Morgan fingerprint density at radius 3 is 1.47 bits per heavy atom. The lowest BCUT2D eigenvalue weighted by molar-refractivity contribution is 0.415. The fourth-order valence-electron chi connectivity index (χ4n) is 3.32. The van der Waals surface area contributed by atoms with Gasteiger partial charge in [-0.15, -0.1) is 25.3 Å². The fourth-order valence-corrected chi connectivity index (χ4v) is 3.97. The van der Waals surface area contributed by atoms with Crippen molar-refractivity contribution in [2.45, 2.75) is 52.6 Å². The number of nitrogens with zero attached hydrogens (tertiary/aromatic N) is 2. The van der Waals surface area contributed by atoms with Crippen LogP contribution >= 0.6 is 49.7 Å². The maximum atomic E-state index is 5.33. The lowest BCUT2D eigenvalue weighted by atomic mass is 10.0. The van der Waals surface area contributed by atoms with Gasteiger partial charge in [-0.25, -0.2) is 0 Å². The highest BCUT2D eigenvalue weighted by molar-refractivity contribution is 8.11. The second-order valence-electron chi connectivity index (χ2n) is 7.52. The van der Waals surface area contributed by atoms with Crippen molar-refractivity contribution < 1.29 is 0 Å². The molecule has 2 aromatic carbocycles. The van der Waals surface area contributed by atoms with Crippen LogP contribution in [0.2, 0.25) is 0 Å². The molecule has 0 unspecified atom stereocenters. The second kappa shape index (κ2) is 13.4. The van der Waals surface area contributed by atoms with Gasteiger partial charge in [0.05, 0.1) is 0 Å². The van der Waals surface area contributed by atoms with E-state index in [4.69, 9.17) is 24.4 Å². The van der Waals surface area contributed by atoms with E-state index in [0.29, 0.717) is 8.64 Å². The summed E-state index contributed by atoms with van der Waals surface area (Å²) in [6, 6.07) is 17.4. The number of rotatable bonds is 11. The second-order valence-corrected chi connectivity index (χ2v) is 9.74. The molecule has 0 saturated carbocycles. The number of hydrogen-bond donors (Lipinski definition) is 2. The Balaban J connectivity index is 2.18. The first-order valence-corrected chi connectivity index (χ1v) is 12.3. The molecule has 0 aliphatic heterocycles. The summed E-state index contributed by atoms with van der Waals surface area (Å²) < 4.78 is 1.32. The molecule has 0 atom stereocenters. The Morgan fingerprint density at radius 2 is 1.13 bits per heavy atom. The molecule has 2 nitrogen and oxygen atoms in total. The molecule has 0 radical (unpaired) electrons. The van der Waals surface area contributed by atoms with Crippen LogP contribution in [-0.2, 0) is 13.1 Å². The van der Waals surface area contributed by atoms with Gasteiger partial charge in [0.2, 0.25) is 0 Å². The van der Waals surface area contributed by atoms with E-state index >= 15 is 0 Å². The molecule has 0 spiro atoms. The van der Waals surface area contributed by atoms with Gasteiger partial charge in [-0.2, -0.15) is 0 Å². The topological polar surface area (TPSA) is 6.48 Å². The van der Waals surface area contributed by atoms with Crippen LogP contribution in [-0.4, -0.2) is 31.5 Å². The van der Waals surface area contributed by atoms with Crippen LogP contribution in [0.1, 0.15) is 50.7 Å². The smallest absolute Gasteiger partial charge is 0.133 e. The monoisotopic (exact) mass is 476 g/mol. The Bertz CT molecular complexity index is 768. The van der Waals surface area contributed by atoms with Gasteiger partial charge >= 0.3 is 0 Å². The average Bonchev–Trinajstić information content (AvgIpc) is 2.74. The Kier molecular flexibility index (Phi) is 11.2. The first kappa shape index (κ1) is 25.2. The molecule has 162 valence electrons. The van der Waals surface area contributed by atoms with Crippen LogP contribution in [0.5, 0.6) is 0 Å². The zero-order chi connectivity index (χ0) is 21.9. The molecule has 0 aliphatic rings. The minimum atomic E-state index is 0.658. The Labute approximate surface area is 203 Å². The summed E-state index contributed by atoms with van der Waals surface area (Å²) in [4.78, 5) is 4.33. The van der Waals surface area contributed by atoms with E-state index in [-0.39, 0.29) is 0 Å². The van der Waals surface area contributed by atoms with Crippen LogP contribution in [0.4, 0.5) is 0 Å². The predicted molar refractivity (Wildman–Crippen MR) is 146 cm³/mol. The predicted octanol–water partition coefficient (Wildman–Crippen LogP) is 6.99. The maximum Gasteiger partial charge on any atom is 0.133 e. The average molecular weight is 477 g/mol. The van der Waals surface area contributed by atoms with Gasteiger partial charge < -0.3 is 9.80 Å². The van der Waals surface area contributed by atoms with E-state index in [2.05, 4.69) is 97.4 Å². The highest BCUT2D eigenvalue weighted by Gasteiger charge is 2.10. The standard InChI is InChI=1S/C24H32N2S4/c1-3-5-13-25(23(27)28)17-19-9-7-11-21(15-19)22-12-8-10-20(16-22)18-26(24(29)30)14-6-4-2/h7-12,15-16H,3-6,13-14,17-18H2,1-2H3,(H,27,28)(H,29,30). The molecule has 2 aromatic rings. The van der Waals surface area contributed by atoms with Crippen LogP contribution in [0.3, 0.4) is 0 Å². The van der Waals surface area contributed by atoms with Gasteiger partial charge in [0.1, 0.15) is 8.64 Å². The van der Waals surface area contributed by atoms with Gasteiger partial charge in [-0.1, -0.05) is 87.5 Å². The molecular formula is C24H32N2S4. The molecule has 0 saturated heterocycles. The molecule has 0 bridgehead atoms. The molecular weight excluding hydrogens is 445 g/mol. The van der Waals surface area contributed by atoms with Gasteiger partial charge in [-0.05, 0) is 47.2 Å². The quantitative estimate of drug-likeness (QED) is 0.266. The molecule has 0 fully saturated rings. The summed E-state index contributed by atoms with van der Waals surface area (Å²) >= 11 is 19.5. The summed E-state index contributed by atoms with van der Waals surface area (Å²) in [5.41, 5.74) is 4.91. The molecule has 30 heavy (non-hydrogen) atoms. The van der Waals surface area contributed by atoms with E-state index < -0.39 is 0 Å². The Morgan fingerprint density at radius 1 is 0.733 bits per heavy atom. The summed E-state index contributed by atoms with van der Waals surface area (Å²) in [5, 5.41) is 0. The summed E-state index contributed by atoms with van der Waals surface area (Å²) in [6.45, 7) is 7.84. The lowest BCUT2D eigenvalue weighted by Crippen LogP contribution is -2.26. The maximum absolute atomic E-state index is 5.33. The molecule has 0 aliphatic carbocycles. The minimum absolute atomic E-state index is 0.658. The first-order valence-electron chi connectivity index (χ1n) is 10.6. The third-order valence-electron chi connectivity index (χ3n) is 5.04. The van der Waals surface area contributed by atoms with E-state index in [1.54, 1.807) is 0 Å². The van der Waals surface area contributed by atoms with Crippen molar-refractivity contribution in [1.29, 1.82) is 0 Å². The van der Waals surface area contributed by atoms with Crippen molar-refractivity contribution >= 4 is 58.3 Å². The van der Waals surface area contributed by atoms with Crippen molar-refractivity contribution in [2.24, 2.45) is 0 Å². The van der Waals surface area contributed by atoms with Crippen molar-refractivity contribution in [2.75, 3.05) is 13.1 Å². The molecule has 6 heteroatoms. The van der Waals surface area contributed by atoms with Crippen molar-refractivity contribution in [1.82, 2.24) is 9.80 Å². The normalized spacial score (nSPS) is 10.7. The SMILES string of the molecule is CCCCN(Cc1cccc(-c2cccc(CN(CCCC)C(=S)S)c2)c1)C(=S)S. The summed E-state index contributed by atoms with van der Waals surface area (Å²) in [6.07, 6.45) is 4.52. The van der Waals surface area contributed by atoms with Gasteiger partial charge in [0.15, 0.2) is 0 Å². The van der Waals surface area contributed by atoms with E-state index in [1.165, 1.54) is 22.3 Å². The number of benzene rings is 2. The molecule has 0 aromatic heterocycles. The minimum Gasteiger partial charge on any atom is -0.353 e. The zero-order valence-corrected chi connectivity index (χ0v) is 21.3. The highest BCUT2D eigenvalue weighted by atomic mass is 32.1. The van der Waals surface area contributed by atoms with Gasteiger partial charge in [0, 0.05) is 26.2 Å². The summed E-state index contributed by atoms with van der Waals surface area (Å²) in [5.74, 6) is 0. The van der Waals surface area contributed by atoms with Crippen molar-refractivity contribution in [3.63, 3.8) is 0 Å². The fraction of sp³-hybridized carbons (Fsp3) is 0.417. The lowest BCUT2D eigenvalue weighted by Gasteiger charge is -2.23. The highest BCUT2D eigenvalue weighted by Crippen LogP contribution is 2.23. The zero-order valence-electron chi connectivity index (χ0n) is 17.9. The first-order chi connectivity index (χ1) is 14.4. The third-order valence-corrected chi connectivity index (χ3v) is 6.12. The van der Waals surface area contributed by atoms with Crippen LogP contribution in [0.15, 0.2) is 48.5 Å². The van der Waals surface area contributed by atoms with Crippen LogP contribution in [0.25, 0.3) is 11.1 Å². The van der Waals surface area contributed by atoms with Gasteiger partial charge in [-0.3, -0.25) is 0 Å². The van der Waals surface area contributed by atoms with E-state index in [9.17, 15) is 0 Å². The number of unbranched alkanes of at least 4 members (excludes halogenated alkanes) is 2. The molecule has 2 rings (SSSR count). The van der Waals surface area contributed by atoms with Crippen LogP contribution < -0.4 is 0 Å². The van der Waals surface area contributed by atoms with Crippen molar-refractivity contribution in [3.8, 4) is 11.1 Å². The molecule has 0 heterocycles. The largest absolute Gasteiger partial charge is 0.353 e. The third kappa shape index (κ3) is 8.22. The summed E-state index contributed by atoms with van der Waals surface area (Å²) in [7, 11) is 0. The number of thiol groups is 2. The van der Waals surface area contributed by atoms with E-state index in [0.717, 1.165) is 51.9 Å². The van der Waals surface area contributed by atoms with Gasteiger partial charge in [0.25, 0.3) is 0 Å². The molecule has 0 N–H and O–H groups in total. The van der Waals surface area contributed by atoms with Crippen molar-refractivity contribution in [3.05, 3.63) is 59.7 Å². The van der Waals surface area contributed by atoms with Crippen LogP contribution in [0, 0.1) is 0 Å². The Hall–Kier alpha value is -1.08. The van der Waals surface area contributed by atoms with E-state index in [1.807, 2.05) is 0 Å². The number of thiocarbonyl (C=S) groups is 2. The number of hydrogen-bond acceptors (Lipinski definition) is 2. The molecule has 0 amide bonds.